The molecule has 0 N–H and O–H groups in total. The van der Waals surface area contributed by atoms with Gasteiger partial charge in [0.25, 0.3) is 0 Å². The molecule has 7 heteroatoms. The highest BCUT2D eigenvalue weighted by molar-refractivity contribution is 5.93. The van der Waals surface area contributed by atoms with Crippen molar-refractivity contribution in [2.75, 3.05) is 6.61 Å². The number of carbonyl (C=O) groups excluding carboxylic acids is 4. The van der Waals surface area contributed by atoms with Crippen LogP contribution in [0.5, 0.6) is 0 Å². The first-order chi connectivity index (χ1) is 10.0. The second kappa shape index (κ2) is 8.96. The minimum Gasteiger partial charge on any atom is -0.463 e. The zero-order valence-corrected chi connectivity index (χ0v) is 13.5. The van der Waals surface area contributed by atoms with Crippen molar-refractivity contribution in [1.82, 2.24) is 0 Å². The minimum absolute atomic E-state index is 0.0577. The van der Waals surface area contributed by atoms with E-state index in [4.69, 9.17) is 4.74 Å². The zero-order chi connectivity index (χ0) is 17.3. The summed E-state index contributed by atoms with van der Waals surface area (Å²) in [5.74, 6) is -3.27. The molecule has 0 rings (SSSR count). The van der Waals surface area contributed by atoms with Crippen LogP contribution < -0.4 is 0 Å². The van der Waals surface area contributed by atoms with Crippen LogP contribution in [0.25, 0.3) is 0 Å². The fourth-order valence-corrected chi connectivity index (χ4v) is 1.25. The third-order valence-corrected chi connectivity index (χ3v) is 2.16. The molecule has 0 saturated heterocycles. The number of hydrogen-bond acceptors (Lipinski definition) is 7. The molecule has 0 bridgehead atoms. The Hall–Kier alpha value is -2.18. The van der Waals surface area contributed by atoms with E-state index in [2.05, 4.69) is 9.47 Å². The second-order valence-electron chi connectivity index (χ2n) is 5.70. The summed E-state index contributed by atoms with van der Waals surface area (Å²) in [7, 11) is 0. The Kier molecular flexibility index (Phi) is 8.08. The Bertz CT molecular complexity index is 457. The molecule has 0 radical (unpaired) electrons. The standard InChI is InChI=1S/C15H22O7/c1-6-20-11(16)7-8-12(17)21-10(2)14(19)22-13(18)9-15(3,4)5/h7-8,10H,6,9H2,1-5H3/b8-7-. The number of rotatable bonds is 6. The van der Waals surface area contributed by atoms with Crippen LogP contribution in [-0.4, -0.2) is 36.6 Å². The molecule has 0 amide bonds. The smallest absolute Gasteiger partial charge is 0.354 e. The summed E-state index contributed by atoms with van der Waals surface area (Å²) in [6.45, 7) is 8.53. The van der Waals surface area contributed by atoms with E-state index in [0.29, 0.717) is 0 Å². The van der Waals surface area contributed by atoms with E-state index in [-0.39, 0.29) is 18.4 Å². The van der Waals surface area contributed by atoms with Gasteiger partial charge in [-0.3, -0.25) is 4.79 Å². The Morgan fingerprint density at radius 1 is 1.05 bits per heavy atom. The van der Waals surface area contributed by atoms with Crippen molar-refractivity contribution in [3.63, 3.8) is 0 Å². The average Bonchev–Trinajstić information content (AvgIpc) is 2.34. The molecular formula is C15H22O7. The Morgan fingerprint density at radius 3 is 2.09 bits per heavy atom. The van der Waals surface area contributed by atoms with Crippen molar-refractivity contribution in [2.45, 2.75) is 47.1 Å². The quantitative estimate of drug-likeness (QED) is 0.317. The van der Waals surface area contributed by atoms with Gasteiger partial charge in [-0.1, -0.05) is 20.8 Å². The van der Waals surface area contributed by atoms with Crippen molar-refractivity contribution < 1.29 is 33.4 Å². The molecule has 0 spiro atoms. The van der Waals surface area contributed by atoms with Crippen LogP contribution in [-0.2, 0) is 33.4 Å². The summed E-state index contributed by atoms with van der Waals surface area (Å²) in [6.07, 6.45) is 0.513. The van der Waals surface area contributed by atoms with E-state index >= 15 is 0 Å². The second-order valence-corrected chi connectivity index (χ2v) is 5.70. The molecular weight excluding hydrogens is 292 g/mol. The Balaban J connectivity index is 4.33. The lowest BCUT2D eigenvalue weighted by Gasteiger charge is -2.17. The molecule has 0 saturated carbocycles. The van der Waals surface area contributed by atoms with Crippen molar-refractivity contribution in [3.05, 3.63) is 12.2 Å². The van der Waals surface area contributed by atoms with Crippen molar-refractivity contribution in [3.8, 4) is 0 Å². The van der Waals surface area contributed by atoms with Gasteiger partial charge in [0.1, 0.15) is 0 Å². The summed E-state index contributed by atoms with van der Waals surface area (Å²) in [5.41, 5.74) is -0.320. The summed E-state index contributed by atoms with van der Waals surface area (Å²) in [5, 5.41) is 0. The van der Waals surface area contributed by atoms with Gasteiger partial charge in [-0.15, -0.1) is 0 Å². The normalized spacial score (nSPS) is 12.6. The monoisotopic (exact) mass is 314 g/mol. The van der Waals surface area contributed by atoms with Gasteiger partial charge in [-0.05, 0) is 19.3 Å². The fraction of sp³-hybridized carbons (Fsp3) is 0.600. The van der Waals surface area contributed by atoms with Crippen molar-refractivity contribution >= 4 is 23.9 Å². The van der Waals surface area contributed by atoms with Gasteiger partial charge in [0.05, 0.1) is 13.0 Å². The van der Waals surface area contributed by atoms with Crippen molar-refractivity contribution in [1.29, 1.82) is 0 Å². The lowest BCUT2D eigenvalue weighted by atomic mass is 9.92. The molecule has 124 valence electrons. The minimum atomic E-state index is -1.26. The Labute approximate surface area is 129 Å². The summed E-state index contributed by atoms with van der Waals surface area (Å²) < 4.78 is 13.9. The molecule has 1 unspecified atom stereocenters. The van der Waals surface area contributed by atoms with Crippen LogP contribution >= 0.6 is 0 Å². The molecule has 0 aliphatic heterocycles. The maximum atomic E-state index is 11.6. The first kappa shape index (κ1) is 19.8. The number of esters is 4. The molecule has 7 nitrogen and oxygen atoms in total. The van der Waals surface area contributed by atoms with E-state index in [1.807, 2.05) is 20.8 Å². The fourth-order valence-electron chi connectivity index (χ4n) is 1.25. The third-order valence-electron chi connectivity index (χ3n) is 2.16. The van der Waals surface area contributed by atoms with Crippen molar-refractivity contribution in [2.24, 2.45) is 5.41 Å². The zero-order valence-electron chi connectivity index (χ0n) is 13.5. The van der Waals surface area contributed by atoms with Crippen LogP contribution in [0.3, 0.4) is 0 Å². The van der Waals surface area contributed by atoms with E-state index in [1.54, 1.807) is 6.92 Å². The number of ether oxygens (including phenoxy) is 3. The van der Waals surface area contributed by atoms with E-state index in [0.717, 1.165) is 12.2 Å². The van der Waals surface area contributed by atoms with Crippen LogP contribution in [0.15, 0.2) is 12.2 Å². The lowest BCUT2D eigenvalue weighted by Crippen LogP contribution is -2.29. The third kappa shape index (κ3) is 9.68. The van der Waals surface area contributed by atoms with Gasteiger partial charge in [0.2, 0.25) is 0 Å². The van der Waals surface area contributed by atoms with Crippen LogP contribution in [0.2, 0.25) is 0 Å². The number of hydrogen-bond donors (Lipinski definition) is 0. The first-order valence-corrected chi connectivity index (χ1v) is 6.85. The summed E-state index contributed by atoms with van der Waals surface area (Å²) in [6, 6.07) is 0. The largest absolute Gasteiger partial charge is 0.463 e. The Morgan fingerprint density at radius 2 is 1.59 bits per heavy atom. The highest BCUT2D eigenvalue weighted by Gasteiger charge is 2.24. The summed E-state index contributed by atoms with van der Waals surface area (Å²) >= 11 is 0. The molecule has 0 aromatic rings. The molecule has 0 aromatic carbocycles. The SMILES string of the molecule is CCOC(=O)/C=C\C(=O)OC(C)C(=O)OC(=O)CC(C)(C)C. The molecule has 0 aliphatic rings. The highest BCUT2D eigenvalue weighted by Crippen LogP contribution is 2.19. The van der Waals surface area contributed by atoms with E-state index in [1.165, 1.54) is 6.92 Å². The maximum Gasteiger partial charge on any atom is 0.354 e. The van der Waals surface area contributed by atoms with Gasteiger partial charge < -0.3 is 14.2 Å². The predicted octanol–water partition coefficient (Wildman–Crippen LogP) is 1.54. The van der Waals surface area contributed by atoms with E-state index < -0.39 is 30.0 Å². The molecule has 1 atom stereocenters. The molecule has 0 aliphatic carbocycles. The van der Waals surface area contributed by atoms with Crippen LogP contribution in [0.1, 0.15) is 41.0 Å². The molecule has 0 aromatic heterocycles. The maximum absolute atomic E-state index is 11.6. The lowest BCUT2D eigenvalue weighted by molar-refractivity contribution is -0.172. The summed E-state index contributed by atoms with van der Waals surface area (Å²) in [4.78, 5) is 45.4. The van der Waals surface area contributed by atoms with Gasteiger partial charge >= 0.3 is 23.9 Å². The van der Waals surface area contributed by atoms with E-state index in [9.17, 15) is 19.2 Å². The van der Waals surface area contributed by atoms with Gasteiger partial charge in [0.15, 0.2) is 6.10 Å². The van der Waals surface area contributed by atoms with Crippen LogP contribution in [0, 0.1) is 5.41 Å². The number of carbonyl (C=O) groups is 4. The van der Waals surface area contributed by atoms with Gasteiger partial charge in [-0.25, -0.2) is 14.4 Å². The molecule has 22 heavy (non-hydrogen) atoms. The molecule has 0 fully saturated rings. The van der Waals surface area contributed by atoms with Gasteiger partial charge in [-0.2, -0.15) is 0 Å². The van der Waals surface area contributed by atoms with Gasteiger partial charge in [0, 0.05) is 12.2 Å². The highest BCUT2D eigenvalue weighted by atomic mass is 16.6. The molecule has 0 heterocycles. The van der Waals surface area contributed by atoms with Crippen LogP contribution in [0.4, 0.5) is 0 Å². The predicted molar refractivity (Wildman–Crippen MR) is 76.5 cm³/mol. The first-order valence-electron chi connectivity index (χ1n) is 6.85. The topological polar surface area (TPSA) is 96.0 Å². The average molecular weight is 314 g/mol.